The highest BCUT2D eigenvalue weighted by molar-refractivity contribution is 8.15. The van der Waals surface area contributed by atoms with Gasteiger partial charge in [0.1, 0.15) is 40.1 Å². The molecular formula is C22H24F2N4O3S. The van der Waals surface area contributed by atoms with Gasteiger partial charge in [0, 0.05) is 19.1 Å². The van der Waals surface area contributed by atoms with Gasteiger partial charge in [0.25, 0.3) is 5.91 Å². The zero-order valence-corrected chi connectivity index (χ0v) is 18.7. The van der Waals surface area contributed by atoms with Crippen molar-refractivity contribution < 1.29 is 23.1 Å². The lowest BCUT2D eigenvalue weighted by atomic mass is 10.0. The van der Waals surface area contributed by atoms with Gasteiger partial charge in [0.05, 0.1) is 0 Å². The number of halogens is 2. The summed E-state index contributed by atoms with van der Waals surface area (Å²) in [4.78, 5) is 17.5. The Balaban J connectivity index is 2.10. The van der Waals surface area contributed by atoms with Crippen molar-refractivity contribution in [1.29, 1.82) is 0 Å². The van der Waals surface area contributed by atoms with Crippen molar-refractivity contribution in [1.82, 2.24) is 5.01 Å². The predicted molar refractivity (Wildman–Crippen MR) is 120 cm³/mol. The molecule has 1 unspecified atom stereocenters. The average molecular weight is 463 g/mol. The highest BCUT2D eigenvalue weighted by Crippen LogP contribution is 2.50. The Morgan fingerprint density at radius 3 is 2.66 bits per heavy atom. The van der Waals surface area contributed by atoms with Crippen molar-refractivity contribution in [2.24, 2.45) is 16.0 Å². The van der Waals surface area contributed by atoms with E-state index >= 15 is 0 Å². The minimum atomic E-state index is -1.10. The van der Waals surface area contributed by atoms with Crippen molar-refractivity contribution in [3.05, 3.63) is 71.3 Å². The molecule has 170 valence electrons. The number of nitrogens with two attached hydrogens (primary N) is 1. The van der Waals surface area contributed by atoms with E-state index in [0.717, 1.165) is 35.5 Å². The highest BCUT2D eigenvalue weighted by Gasteiger charge is 2.50. The molecule has 0 bridgehead atoms. The first-order chi connectivity index (χ1) is 15.3. The van der Waals surface area contributed by atoms with Crippen LogP contribution in [0, 0.1) is 11.6 Å². The quantitative estimate of drug-likeness (QED) is 0.279. The maximum Gasteiger partial charge on any atom is 0.273 e. The van der Waals surface area contributed by atoms with Crippen molar-refractivity contribution in [2.75, 3.05) is 13.7 Å². The lowest BCUT2D eigenvalue weighted by Gasteiger charge is -2.36. The Labute approximate surface area is 189 Å². The lowest BCUT2D eigenvalue weighted by Crippen LogP contribution is -2.46. The van der Waals surface area contributed by atoms with Crippen LogP contribution in [0.25, 0.3) is 0 Å². The Kier molecular flexibility index (Phi) is 7.47. The second-order valence-corrected chi connectivity index (χ2v) is 8.39. The first-order valence-electron chi connectivity index (χ1n) is 9.86. The Morgan fingerprint density at radius 1 is 1.28 bits per heavy atom. The summed E-state index contributed by atoms with van der Waals surface area (Å²) in [6, 6.07) is 12.3. The number of benzene rings is 2. The van der Waals surface area contributed by atoms with Crippen LogP contribution in [0.5, 0.6) is 0 Å². The fourth-order valence-corrected chi connectivity index (χ4v) is 4.54. The summed E-state index contributed by atoms with van der Waals surface area (Å²) in [5.74, 6) is -1.44. The van der Waals surface area contributed by atoms with Gasteiger partial charge in [-0.25, -0.2) is 13.8 Å². The molecule has 0 fully saturated rings. The number of hydrogen-bond donors (Lipinski definition) is 1. The van der Waals surface area contributed by atoms with Gasteiger partial charge in [-0.2, -0.15) is 5.10 Å². The van der Waals surface area contributed by atoms with E-state index in [1.807, 2.05) is 30.3 Å². The summed E-state index contributed by atoms with van der Waals surface area (Å²) in [5.41, 5.74) is 6.23. The van der Waals surface area contributed by atoms with Crippen LogP contribution in [0.4, 0.5) is 8.78 Å². The molecule has 10 heteroatoms. The van der Waals surface area contributed by atoms with E-state index in [2.05, 4.69) is 10.3 Å². The van der Waals surface area contributed by atoms with E-state index in [0.29, 0.717) is 0 Å². The third-order valence-electron chi connectivity index (χ3n) is 4.83. The number of carbonyl (C=O) groups is 1. The summed E-state index contributed by atoms with van der Waals surface area (Å²) < 4.78 is 33.7. The van der Waals surface area contributed by atoms with Crippen LogP contribution >= 0.6 is 11.8 Å². The van der Waals surface area contributed by atoms with Gasteiger partial charge in [-0.3, -0.25) is 4.79 Å². The van der Waals surface area contributed by atoms with Gasteiger partial charge in [-0.15, -0.1) is 0 Å². The minimum Gasteiger partial charge on any atom is -0.394 e. The smallest absolute Gasteiger partial charge is 0.273 e. The van der Waals surface area contributed by atoms with Gasteiger partial charge >= 0.3 is 0 Å². The molecule has 2 aromatic carbocycles. The molecule has 3 rings (SSSR count). The number of hydrogen-bond acceptors (Lipinski definition) is 6. The third-order valence-corrected chi connectivity index (χ3v) is 6.28. The number of thioether (sulfide) groups is 1. The summed E-state index contributed by atoms with van der Waals surface area (Å²) in [6.07, 6.45) is -0.575. The number of amidine groups is 1. The van der Waals surface area contributed by atoms with E-state index in [9.17, 15) is 13.6 Å². The largest absolute Gasteiger partial charge is 0.394 e. The van der Waals surface area contributed by atoms with Crippen molar-refractivity contribution in [3.8, 4) is 0 Å². The number of oxime groups is 1. The topological polar surface area (TPSA) is 89.5 Å². The van der Waals surface area contributed by atoms with E-state index in [-0.39, 0.29) is 29.5 Å². The van der Waals surface area contributed by atoms with Crippen LogP contribution in [0.3, 0.4) is 0 Å². The third kappa shape index (κ3) is 4.91. The molecule has 7 nitrogen and oxygen atoms in total. The maximum absolute atomic E-state index is 14.6. The molecule has 2 N–H and O–H groups in total. The summed E-state index contributed by atoms with van der Waals surface area (Å²) >= 11 is 1.14. The molecule has 32 heavy (non-hydrogen) atoms. The van der Waals surface area contributed by atoms with Gasteiger partial charge in [-0.05, 0) is 37.6 Å². The molecule has 0 spiro atoms. The lowest BCUT2D eigenvalue weighted by molar-refractivity contribution is -0.145. The summed E-state index contributed by atoms with van der Waals surface area (Å²) in [6.45, 7) is 3.27. The Hall–Kier alpha value is -2.98. The van der Waals surface area contributed by atoms with Crippen molar-refractivity contribution in [3.63, 3.8) is 0 Å². The zero-order chi connectivity index (χ0) is 23.3. The van der Waals surface area contributed by atoms with Crippen molar-refractivity contribution >= 4 is 28.5 Å². The molecular weight excluding hydrogens is 438 g/mol. The highest BCUT2D eigenvalue weighted by atomic mass is 32.2. The summed E-state index contributed by atoms with van der Waals surface area (Å²) in [5, 5.41) is 9.61. The van der Waals surface area contributed by atoms with Gasteiger partial charge in [0.15, 0.2) is 0 Å². The van der Waals surface area contributed by atoms with Crippen LogP contribution in [0.2, 0.25) is 0 Å². The number of carbonyl (C=O) groups excluding carboxylic acids is 1. The van der Waals surface area contributed by atoms with E-state index in [4.69, 9.17) is 15.3 Å². The number of ether oxygens (including phenoxy) is 1. The molecule has 0 saturated heterocycles. The van der Waals surface area contributed by atoms with Gasteiger partial charge in [0.2, 0.25) is 0 Å². The monoisotopic (exact) mass is 462 g/mol. The Morgan fingerprint density at radius 2 is 2.00 bits per heavy atom. The molecule has 1 aliphatic heterocycles. The first-order valence-corrected chi connectivity index (χ1v) is 10.7. The molecule has 2 atom stereocenters. The van der Waals surface area contributed by atoms with E-state index in [1.54, 1.807) is 13.8 Å². The minimum absolute atomic E-state index is 0.0348. The fraction of sp³-hybridized carbons (Fsp3) is 0.318. The van der Waals surface area contributed by atoms with Crippen LogP contribution in [0.1, 0.15) is 31.4 Å². The van der Waals surface area contributed by atoms with Crippen molar-refractivity contribution in [2.45, 2.75) is 31.2 Å². The number of methoxy groups -OCH3 is 1. The molecule has 1 aliphatic rings. The summed E-state index contributed by atoms with van der Waals surface area (Å²) in [7, 11) is 1.41. The second-order valence-electron chi connectivity index (χ2n) is 7.13. The fourth-order valence-electron chi connectivity index (χ4n) is 3.18. The van der Waals surface area contributed by atoms with Crippen LogP contribution in [-0.4, -0.2) is 41.6 Å². The van der Waals surface area contributed by atoms with Crippen LogP contribution < -0.4 is 5.73 Å². The number of hydrazone groups is 1. The Bertz CT molecular complexity index is 1030. The first kappa shape index (κ1) is 23.7. The van der Waals surface area contributed by atoms with Gasteiger partial charge < -0.3 is 15.3 Å². The van der Waals surface area contributed by atoms with Crippen LogP contribution in [-0.2, 0) is 19.2 Å². The second kappa shape index (κ2) is 10.1. The molecule has 0 saturated carbocycles. The zero-order valence-electron chi connectivity index (χ0n) is 17.9. The molecule has 1 amide bonds. The molecule has 0 aromatic heterocycles. The van der Waals surface area contributed by atoms with Crippen LogP contribution in [0.15, 0.2) is 58.8 Å². The normalized spacial score (nSPS) is 19.6. The maximum atomic E-state index is 14.6. The number of rotatable bonds is 8. The SMILES string of the molecule is CO[C@@H](C)C(=O)N1N=C(c2cc(F)ccc2F)SC1(CCO/N=C(/C)N)c1ccccc1. The standard InChI is InChI=1S/C22H24F2N4O3S/c1-14(30-3)21(29)28-22(11-12-31-27-15(2)25,16-7-5-4-6-8-16)32-20(26-28)18-13-17(23)9-10-19(18)24/h4-10,13-14H,11-12H2,1-3H3,(H2,25,27)/t14-,22?/m0/s1. The van der Waals surface area contributed by atoms with Gasteiger partial charge in [-0.1, -0.05) is 47.2 Å². The predicted octanol–water partition coefficient (Wildman–Crippen LogP) is 3.79. The number of nitrogens with zero attached hydrogens (tertiary/aromatic N) is 3. The molecule has 0 aliphatic carbocycles. The van der Waals surface area contributed by atoms with E-state index in [1.165, 1.54) is 12.1 Å². The number of amides is 1. The molecule has 1 heterocycles. The molecule has 2 aromatic rings. The molecule has 0 radical (unpaired) electrons. The average Bonchev–Trinajstić information content (AvgIpc) is 3.18. The van der Waals surface area contributed by atoms with E-state index < -0.39 is 28.5 Å².